The number of hydrogen-bond donors (Lipinski definition) is 1. The van der Waals surface area contributed by atoms with Crippen LogP contribution in [0.3, 0.4) is 0 Å². The minimum atomic E-state index is -3.62. The van der Waals surface area contributed by atoms with E-state index in [4.69, 9.17) is 0 Å². The molecular formula is C12H14N2O4S. The van der Waals surface area contributed by atoms with E-state index in [1.165, 1.54) is 22.5 Å². The third-order valence-corrected chi connectivity index (χ3v) is 5.08. The normalized spacial score (nSPS) is 14.7. The zero-order chi connectivity index (χ0) is 14.2. The van der Waals surface area contributed by atoms with Crippen molar-refractivity contribution >= 4 is 27.4 Å². The molecule has 19 heavy (non-hydrogen) atoms. The van der Waals surface area contributed by atoms with E-state index in [2.05, 4.69) is 5.32 Å². The average Bonchev–Trinajstić information content (AvgIpc) is 2.66. The van der Waals surface area contributed by atoms with Gasteiger partial charge in [0, 0.05) is 13.1 Å². The molecule has 102 valence electrons. The standard InChI is InChI=1S/C12H14N2O4S/c1-3-14(4-2)19(17,18)8-5-6-10-9(7-8)11(15)12(16)13-10/h5-7H,3-4H2,1-2H3,(H,13,15,16). The minimum absolute atomic E-state index is 0.0276. The van der Waals surface area contributed by atoms with Crippen molar-refractivity contribution in [1.82, 2.24) is 4.31 Å². The Labute approximate surface area is 111 Å². The number of Topliss-reactive ketones (excluding diaryl/α,β-unsaturated/α-hetero) is 1. The second-order valence-corrected chi connectivity index (χ2v) is 6.02. The number of nitrogens with one attached hydrogen (secondary N) is 1. The van der Waals surface area contributed by atoms with E-state index < -0.39 is 21.7 Å². The van der Waals surface area contributed by atoms with E-state index in [-0.39, 0.29) is 10.5 Å². The summed E-state index contributed by atoms with van der Waals surface area (Å²) in [5, 5.41) is 2.39. The van der Waals surface area contributed by atoms with Gasteiger partial charge in [0.05, 0.1) is 16.1 Å². The maximum Gasteiger partial charge on any atom is 0.296 e. The smallest absolute Gasteiger partial charge is 0.296 e. The van der Waals surface area contributed by atoms with Gasteiger partial charge in [0.25, 0.3) is 11.7 Å². The van der Waals surface area contributed by atoms with E-state index in [0.717, 1.165) is 0 Å². The summed E-state index contributed by atoms with van der Waals surface area (Å²) in [6.07, 6.45) is 0. The van der Waals surface area contributed by atoms with Gasteiger partial charge in [-0.25, -0.2) is 8.42 Å². The molecule has 0 aliphatic carbocycles. The maximum atomic E-state index is 12.3. The van der Waals surface area contributed by atoms with E-state index in [9.17, 15) is 18.0 Å². The molecule has 2 rings (SSSR count). The fourth-order valence-corrected chi connectivity index (χ4v) is 3.48. The summed E-state index contributed by atoms with van der Waals surface area (Å²) in [5.41, 5.74) is 0.465. The molecule has 0 unspecified atom stereocenters. The van der Waals surface area contributed by atoms with Crippen LogP contribution < -0.4 is 5.32 Å². The molecule has 0 saturated heterocycles. The lowest BCUT2D eigenvalue weighted by atomic mass is 10.1. The molecule has 6 nitrogen and oxygen atoms in total. The predicted octanol–water partition coefficient (Wildman–Crippen LogP) is 0.852. The Morgan fingerprint density at radius 3 is 2.37 bits per heavy atom. The van der Waals surface area contributed by atoms with Gasteiger partial charge in [-0.2, -0.15) is 4.31 Å². The molecule has 0 saturated carbocycles. The molecule has 0 bridgehead atoms. The molecule has 0 radical (unpaired) electrons. The largest absolute Gasteiger partial charge is 0.318 e. The van der Waals surface area contributed by atoms with Gasteiger partial charge in [-0.15, -0.1) is 0 Å². The van der Waals surface area contributed by atoms with Gasteiger partial charge in [-0.1, -0.05) is 13.8 Å². The number of amides is 1. The van der Waals surface area contributed by atoms with E-state index in [1.807, 2.05) is 0 Å². The van der Waals surface area contributed by atoms with Crippen molar-refractivity contribution in [3.63, 3.8) is 0 Å². The SMILES string of the molecule is CCN(CC)S(=O)(=O)c1ccc2c(c1)C(=O)C(=O)N2. The summed E-state index contributed by atoms with van der Waals surface area (Å²) in [5.74, 6) is -1.43. The topological polar surface area (TPSA) is 83.6 Å². The molecule has 0 aromatic heterocycles. The van der Waals surface area contributed by atoms with Crippen LogP contribution in [-0.2, 0) is 14.8 Å². The second-order valence-electron chi connectivity index (χ2n) is 4.08. The van der Waals surface area contributed by atoms with Gasteiger partial charge in [-0.05, 0) is 18.2 Å². The number of ketones is 1. The first-order valence-electron chi connectivity index (χ1n) is 5.91. The van der Waals surface area contributed by atoms with Crippen molar-refractivity contribution < 1.29 is 18.0 Å². The number of carbonyl (C=O) groups excluding carboxylic acids is 2. The van der Waals surface area contributed by atoms with Crippen molar-refractivity contribution in [1.29, 1.82) is 0 Å². The molecule has 0 spiro atoms. The lowest BCUT2D eigenvalue weighted by Crippen LogP contribution is -2.30. The Morgan fingerprint density at radius 2 is 1.79 bits per heavy atom. The summed E-state index contributed by atoms with van der Waals surface area (Å²) in [6.45, 7) is 4.18. The summed E-state index contributed by atoms with van der Waals surface area (Å²) >= 11 is 0. The summed E-state index contributed by atoms with van der Waals surface area (Å²) in [4.78, 5) is 22.8. The molecule has 7 heteroatoms. The predicted molar refractivity (Wildman–Crippen MR) is 69.5 cm³/mol. The van der Waals surface area contributed by atoms with Crippen molar-refractivity contribution in [2.24, 2.45) is 0 Å². The number of fused-ring (bicyclic) bond motifs is 1. The molecule has 1 aliphatic heterocycles. The van der Waals surface area contributed by atoms with Crippen molar-refractivity contribution in [2.75, 3.05) is 18.4 Å². The van der Waals surface area contributed by atoms with Gasteiger partial charge < -0.3 is 5.32 Å². The number of rotatable bonds is 4. The van der Waals surface area contributed by atoms with Crippen LogP contribution in [-0.4, -0.2) is 37.5 Å². The number of benzene rings is 1. The highest BCUT2D eigenvalue weighted by Crippen LogP contribution is 2.27. The van der Waals surface area contributed by atoms with Gasteiger partial charge in [0.15, 0.2) is 0 Å². The molecule has 1 aromatic carbocycles. The van der Waals surface area contributed by atoms with Crippen molar-refractivity contribution in [2.45, 2.75) is 18.7 Å². The molecule has 0 fully saturated rings. The molecule has 1 aromatic rings. The van der Waals surface area contributed by atoms with Crippen LogP contribution in [0.4, 0.5) is 5.69 Å². The Kier molecular flexibility index (Phi) is 3.42. The zero-order valence-corrected chi connectivity index (χ0v) is 11.5. The highest BCUT2D eigenvalue weighted by Gasteiger charge is 2.30. The monoisotopic (exact) mass is 282 g/mol. The first kappa shape index (κ1) is 13.7. The van der Waals surface area contributed by atoms with Crippen LogP contribution in [0.15, 0.2) is 23.1 Å². The fraction of sp³-hybridized carbons (Fsp3) is 0.333. The van der Waals surface area contributed by atoms with Gasteiger partial charge in [0.2, 0.25) is 10.0 Å². The van der Waals surface area contributed by atoms with Gasteiger partial charge >= 0.3 is 0 Å². The van der Waals surface area contributed by atoms with Crippen LogP contribution in [0.5, 0.6) is 0 Å². The third-order valence-electron chi connectivity index (χ3n) is 3.03. The first-order chi connectivity index (χ1) is 8.91. The Morgan fingerprint density at radius 1 is 1.16 bits per heavy atom. The molecular weight excluding hydrogens is 268 g/mol. The second kappa shape index (κ2) is 4.75. The summed E-state index contributed by atoms with van der Waals surface area (Å²) in [6, 6.07) is 4.09. The lowest BCUT2D eigenvalue weighted by molar-refractivity contribution is -0.112. The molecule has 1 aliphatic rings. The first-order valence-corrected chi connectivity index (χ1v) is 7.35. The quantitative estimate of drug-likeness (QED) is 0.830. The molecule has 1 amide bonds. The average molecular weight is 282 g/mol. The van der Waals surface area contributed by atoms with E-state index >= 15 is 0 Å². The molecule has 1 N–H and O–H groups in total. The lowest BCUT2D eigenvalue weighted by Gasteiger charge is -2.18. The number of carbonyl (C=O) groups is 2. The van der Waals surface area contributed by atoms with E-state index in [1.54, 1.807) is 13.8 Å². The zero-order valence-electron chi connectivity index (χ0n) is 10.6. The number of anilines is 1. The fourth-order valence-electron chi connectivity index (χ4n) is 1.99. The van der Waals surface area contributed by atoms with Crippen LogP contribution in [0.25, 0.3) is 0 Å². The number of sulfonamides is 1. The van der Waals surface area contributed by atoms with Crippen LogP contribution in [0, 0.1) is 0 Å². The van der Waals surface area contributed by atoms with Crippen LogP contribution in [0.2, 0.25) is 0 Å². The van der Waals surface area contributed by atoms with Crippen molar-refractivity contribution in [3.8, 4) is 0 Å². The highest BCUT2D eigenvalue weighted by atomic mass is 32.2. The Bertz CT molecular complexity index is 648. The minimum Gasteiger partial charge on any atom is -0.318 e. The highest BCUT2D eigenvalue weighted by molar-refractivity contribution is 7.89. The maximum absolute atomic E-state index is 12.3. The van der Waals surface area contributed by atoms with E-state index in [0.29, 0.717) is 18.8 Å². The summed E-state index contributed by atoms with van der Waals surface area (Å²) in [7, 11) is -3.62. The van der Waals surface area contributed by atoms with Crippen molar-refractivity contribution in [3.05, 3.63) is 23.8 Å². The summed E-state index contributed by atoms with van der Waals surface area (Å²) < 4.78 is 25.9. The van der Waals surface area contributed by atoms with Gasteiger partial charge in [-0.3, -0.25) is 9.59 Å². The van der Waals surface area contributed by atoms with Crippen LogP contribution >= 0.6 is 0 Å². The van der Waals surface area contributed by atoms with Gasteiger partial charge in [0.1, 0.15) is 0 Å². The molecule has 1 heterocycles. The third kappa shape index (κ3) is 2.15. The number of nitrogens with zero attached hydrogens (tertiary/aromatic N) is 1. The number of hydrogen-bond acceptors (Lipinski definition) is 4. The Hall–Kier alpha value is -1.73. The van der Waals surface area contributed by atoms with Crippen LogP contribution in [0.1, 0.15) is 24.2 Å². The molecule has 0 atom stereocenters. The Balaban J connectivity index is 2.50.